The van der Waals surface area contributed by atoms with E-state index in [0.717, 1.165) is 31.5 Å². The molecule has 2 atom stereocenters. The summed E-state index contributed by atoms with van der Waals surface area (Å²) < 4.78 is 0. The van der Waals surface area contributed by atoms with Gasteiger partial charge in [-0.15, -0.1) is 0 Å². The SMILES string of the molecule is CCC(O)CCNC(CC(C)C)c1ccccn1. The average Bonchev–Trinajstić information content (AvgIpc) is 2.38. The standard InChI is InChI=1S/C15H26N2O/c1-4-13(18)8-10-17-15(11-12(2)3)14-7-5-6-9-16-14/h5-7,9,12-13,15,17-18H,4,8,10-11H2,1-3H3. The van der Waals surface area contributed by atoms with Crippen molar-refractivity contribution in [2.45, 2.75) is 52.2 Å². The fourth-order valence-corrected chi connectivity index (χ4v) is 1.99. The lowest BCUT2D eigenvalue weighted by molar-refractivity contribution is 0.158. The largest absolute Gasteiger partial charge is 0.393 e. The monoisotopic (exact) mass is 250 g/mol. The van der Waals surface area contributed by atoms with Crippen LogP contribution in [0.1, 0.15) is 51.8 Å². The minimum atomic E-state index is -0.194. The topological polar surface area (TPSA) is 45.1 Å². The minimum Gasteiger partial charge on any atom is -0.393 e. The van der Waals surface area contributed by atoms with Crippen LogP contribution in [0, 0.1) is 5.92 Å². The number of pyridine rings is 1. The zero-order valence-corrected chi connectivity index (χ0v) is 11.8. The van der Waals surface area contributed by atoms with Crippen LogP contribution in [0.25, 0.3) is 0 Å². The highest BCUT2D eigenvalue weighted by molar-refractivity contribution is 5.08. The van der Waals surface area contributed by atoms with E-state index in [1.54, 1.807) is 0 Å². The number of hydrogen-bond donors (Lipinski definition) is 2. The van der Waals surface area contributed by atoms with Crippen molar-refractivity contribution in [1.29, 1.82) is 0 Å². The van der Waals surface area contributed by atoms with Crippen molar-refractivity contribution in [2.75, 3.05) is 6.54 Å². The summed E-state index contributed by atoms with van der Waals surface area (Å²) >= 11 is 0. The van der Waals surface area contributed by atoms with Gasteiger partial charge in [-0.1, -0.05) is 26.8 Å². The molecule has 0 saturated carbocycles. The average molecular weight is 250 g/mol. The first kappa shape index (κ1) is 15.1. The molecule has 0 bridgehead atoms. The molecule has 2 unspecified atom stereocenters. The Balaban J connectivity index is 2.51. The smallest absolute Gasteiger partial charge is 0.0573 e. The number of aliphatic hydroxyl groups is 1. The van der Waals surface area contributed by atoms with Gasteiger partial charge in [0.1, 0.15) is 0 Å². The molecular formula is C15H26N2O. The normalized spacial score (nSPS) is 14.7. The lowest BCUT2D eigenvalue weighted by Gasteiger charge is -2.21. The third-order valence-electron chi connectivity index (χ3n) is 3.09. The molecule has 0 aliphatic rings. The highest BCUT2D eigenvalue weighted by Crippen LogP contribution is 2.19. The summed E-state index contributed by atoms with van der Waals surface area (Å²) in [7, 11) is 0. The number of hydrogen-bond acceptors (Lipinski definition) is 3. The Labute approximate surface area is 111 Å². The van der Waals surface area contributed by atoms with Crippen LogP contribution in [-0.4, -0.2) is 22.7 Å². The van der Waals surface area contributed by atoms with Gasteiger partial charge in [-0.2, -0.15) is 0 Å². The van der Waals surface area contributed by atoms with Crippen molar-refractivity contribution in [3.63, 3.8) is 0 Å². The summed E-state index contributed by atoms with van der Waals surface area (Å²) in [6.45, 7) is 7.29. The lowest BCUT2D eigenvalue weighted by Crippen LogP contribution is -2.27. The summed E-state index contributed by atoms with van der Waals surface area (Å²) in [5.74, 6) is 0.626. The zero-order valence-electron chi connectivity index (χ0n) is 11.8. The minimum absolute atomic E-state index is 0.194. The van der Waals surface area contributed by atoms with Gasteiger partial charge < -0.3 is 10.4 Å². The molecule has 3 nitrogen and oxygen atoms in total. The van der Waals surface area contributed by atoms with Gasteiger partial charge >= 0.3 is 0 Å². The van der Waals surface area contributed by atoms with Gasteiger partial charge in [-0.25, -0.2) is 0 Å². The Morgan fingerprint density at radius 2 is 2.11 bits per heavy atom. The molecule has 0 saturated heterocycles. The molecule has 0 spiro atoms. The second-order valence-electron chi connectivity index (χ2n) is 5.24. The van der Waals surface area contributed by atoms with Crippen LogP contribution in [0.2, 0.25) is 0 Å². The van der Waals surface area contributed by atoms with E-state index in [-0.39, 0.29) is 12.1 Å². The summed E-state index contributed by atoms with van der Waals surface area (Å²) in [6, 6.07) is 6.32. The van der Waals surface area contributed by atoms with Crippen LogP contribution in [-0.2, 0) is 0 Å². The molecule has 1 rings (SSSR count). The van der Waals surface area contributed by atoms with E-state index in [2.05, 4.69) is 30.2 Å². The molecule has 0 aliphatic heterocycles. The summed E-state index contributed by atoms with van der Waals surface area (Å²) in [6.07, 6.45) is 4.34. The summed E-state index contributed by atoms with van der Waals surface area (Å²) in [5, 5.41) is 13.1. The molecule has 102 valence electrons. The Morgan fingerprint density at radius 3 is 2.67 bits per heavy atom. The maximum Gasteiger partial charge on any atom is 0.0573 e. The van der Waals surface area contributed by atoms with Gasteiger partial charge in [0.2, 0.25) is 0 Å². The molecule has 1 aromatic heterocycles. The van der Waals surface area contributed by atoms with Gasteiger partial charge in [0.15, 0.2) is 0 Å². The van der Waals surface area contributed by atoms with Gasteiger partial charge in [0.05, 0.1) is 11.8 Å². The van der Waals surface area contributed by atoms with Crippen molar-refractivity contribution >= 4 is 0 Å². The first-order valence-corrected chi connectivity index (χ1v) is 6.95. The Morgan fingerprint density at radius 1 is 1.33 bits per heavy atom. The van der Waals surface area contributed by atoms with E-state index >= 15 is 0 Å². The van der Waals surface area contributed by atoms with E-state index in [9.17, 15) is 5.11 Å². The summed E-state index contributed by atoms with van der Waals surface area (Å²) in [4.78, 5) is 4.43. The van der Waals surface area contributed by atoms with Crippen LogP contribution in [0.3, 0.4) is 0 Å². The van der Waals surface area contributed by atoms with E-state index in [1.165, 1.54) is 0 Å². The molecule has 1 heterocycles. The Kier molecular flexibility index (Phi) is 6.91. The molecule has 0 fully saturated rings. The molecule has 0 aromatic carbocycles. The third kappa shape index (κ3) is 5.61. The Hall–Kier alpha value is -0.930. The molecule has 2 N–H and O–H groups in total. The van der Waals surface area contributed by atoms with Crippen LogP contribution >= 0.6 is 0 Å². The zero-order chi connectivity index (χ0) is 13.4. The molecule has 0 amide bonds. The number of nitrogens with one attached hydrogen (secondary N) is 1. The van der Waals surface area contributed by atoms with Gasteiger partial charge in [0.25, 0.3) is 0 Å². The van der Waals surface area contributed by atoms with Crippen molar-refractivity contribution in [3.8, 4) is 0 Å². The molecular weight excluding hydrogens is 224 g/mol. The van der Waals surface area contributed by atoms with Crippen molar-refractivity contribution in [1.82, 2.24) is 10.3 Å². The third-order valence-corrected chi connectivity index (χ3v) is 3.09. The van der Waals surface area contributed by atoms with Crippen molar-refractivity contribution in [3.05, 3.63) is 30.1 Å². The fourth-order valence-electron chi connectivity index (χ4n) is 1.99. The van der Waals surface area contributed by atoms with Crippen LogP contribution in [0.15, 0.2) is 24.4 Å². The molecule has 1 aromatic rings. The predicted molar refractivity (Wildman–Crippen MR) is 75.4 cm³/mol. The molecule has 0 aliphatic carbocycles. The first-order chi connectivity index (χ1) is 8.63. The maximum absolute atomic E-state index is 9.57. The van der Waals surface area contributed by atoms with Crippen molar-refractivity contribution in [2.24, 2.45) is 5.92 Å². The maximum atomic E-state index is 9.57. The van der Waals surface area contributed by atoms with E-state index < -0.39 is 0 Å². The second-order valence-corrected chi connectivity index (χ2v) is 5.24. The molecule has 3 heteroatoms. The predicted octanol–water partition coefficient (Wildman–Crippen LogP) is 2.92. The number of nitrogens with zero attached hydrogens (tertiary/aromatic N) is 1. The van der Waals surface area contributed by atoms with E-state index in [4.69, 9.17) is 0 Å². The number of aliphatic hydroxyl groups excluding tert-OH is 1. The van der Waals surface area contributed by atoms with Gasteiger partial charge in [-0.05, 0) is 43.9 Å². The van der Waals surface area contributed by atoms with Crippen molar-refractivity contribution < 1.29 is 5.11 Å². The number of rotatable bonds is 8. The van der Waals surface area contributed by atoms with Crippen LogP contribution in [0.5, 0.6) is 0 Å². The first-order valence-electron chi connectivity index (χ1n) is 6.95. The lowest BCUT2D eigenvalue weighted by atomic mass is 10.0. The number of aromatic nitrogens is 1. The van der Waals surface area contributed by atoms with Gasteiger partial charge in [-0.3, -0.25) is 4.98 Å². The Bertz CT molecular complexity index is 314. The van der Waals surface area contributed by atoms with E-state index in [1.807, 2.05) is 25.3 Å². The van der Waals surface area contributed by atoms with Gasteiger partial charge in [0, 0.05) is 12.2 Å². The highest BCUT2D eigenvalue weighted by atomic mass is 16.3. The van der Waals surface area contributed by atoms with Crippen LogP contribution < -0.4 is 5.32 Å². The highest BCUT2D eigenvalue weighted by Gasteiger charge is 2.14. The van der Waals surface area contributed by atoms with E-state index in [0.29, 0.717) is 5.92 Å². The second kappa shape index (κ2) is 8.22. The fraction of sp³-hybridized carbons (Fsp3) is 0.667. The molecule has 0 radical (unpaired) electrons. The van der Waals surface area contributed by atoms with Crippen LogP contribution in [0.4, 0.5) is 0 Å². The summed E-state index contributed by atoms with van der Waals surface area (Å²) in [5.41, 5.74) is 1.09. The molecule has 18 heavy (non-hydrogen) atoms. The quantitative estimate of drug-likeness (QED) is 0.745.